The van der Waals surface area contributed by atoms with Crippen LogP contribution in [0.5, 0.6) is 5.75 Å². The number of phenols is 1. The minimum Gasteiger partial charge on any atom is -0.507 e. The molecule has 0 unspecified atom stereocenters. The zero-order chi connectivity index (χ0) is 16.2. The molecule has 0 aliphatic rings. The molecule has 23 heavy (non-hydrogen) atoms. The summed E-state index contributed by atoms with van der Waals surface area (Å²) in [6.45, 7) is 2.60. The third-order valence-electron chi connectivity index (χ3n) is 3.43. The summed E-state index contributed by atoms with van der Waals surface area (Å²) in [6, 6.07) is 13.2. The van der Waals surface area contributed by atoms with E-state index < -0.39 is 0 Å². The number of para-hydroxylation sites is 1. The molecular weight excluding hydrogens is 293 g/mol. The van der Waals surface area contributed by atoms with Gasteiger partial charge in [-0.25, -0.2) is 14.1 Å². The Balaban J connectivity index is 1.93. The van der Waals surface area contributed by atoms with Crippen molar-refractivity contribution < 1.29 is 9.50 Å². The smallest absolute Gasteiger partial charge is 0.174 e. The lowest BCUT2D eigenvalue weighted by molar-refractivity contribution is 0.476. The normalized spacial score (nSPS) is 11.2. The van der Waals surface area contributed by atoms with Gasteiger partial charge in [-0.3, -0.25) is 0 Å². The van der Waals surface area contributed by atoms with E-state index in [4.69, 9.17) is 0 Å². The molecule has 0 spiro atoms. The molecule has 0 amide bonds. The van der Waals surface area contributed by atoms with Crippen LogP contribution in [0, 0.1) is 5.82 Å². The molecule has 3 aromatic rings. The molecule has 0 saturated heterocycles. The summed E-state index contributed by atoms with van der Waals surface area (Å²) < 4.78 is 14.6. The number of hydrogen-bond donors (Lipinski definition) is 1. The van der Waals surface area contributed by atoms with Gasteiger partial charge in [0.2, 0.25) is 0 Å². The van der Waals surface area contributed by atoms with Crippen LogP contribution in [-0.2, 0) is 6.54 Å². The highest BCUT2D eigenvalue weighted by Gasteiger charge is 2.12. The van der Waals surface area contributed by atoms with Crippen LogP contribution >= 0.6 is 0 Å². The predicted molar refractivity (Wildman–Crippen MR) is 88.1 cm³/mol. The van der Waals surface area contributed by atoms with Crippen molar-refractivity contribution in [3.63, 3.8) is 0 Å². The van der Waals surface area contributed by atoms with E-state index in [-0.39, 0.29) is 11.6 Å². The average molecular weight is 309 g/mol. The Kier molecular flexibility index (Phi) is 4.19. The molecule has 0 atom stereocenters. The van der Waals surface area contributed by atoms with Gasteiger partial charge in [0, 0.05) is 6.54 Å². The van der Waals surface area contributed by atoms with E-state index in [2.05, 4.69) is 10.1 Å². The van der Waals surface area contributed by atoms with Crippen LogP contribution < -0.4 is 0 Å². The molecule has 1 heterocycles. The highest BCUT2D eigenvalue weighted by Crippen LogP contribution is 2.27. The molecule has 1 aromatic heterocycles. The van der Waals surface area contributed by atoms with Gasteiger partial charge in [-0.05, 0) is 42.8 Å². The van der Waals surface area contributed by atoms with Crippen LogP contribution in [0.3, 0.4) is 0 Å². The van der Waals surface area contributed by atoms with Crippen molar-refractivity contribution in [3.8, 4) is 17.1 Å². The summed E-state index contributed by atoms with van der Waals surface area (Å²) in [4.78, 5) is 4.48. The van der Waals surface area contributed by atoms with Gasteiger partial charge in [0.25, 0.3) is 0 Å². The highest BCUT2D eigenvalue weighted by atomic mass is 19.1. The zero-order valence-electron chi connectivity index (χ0n) is 12.6. The lowest BCUT2D eigenvalue weighted by Crippen LogP contribution is -1.99. The molecule has 1 N–H and O–H groups in total. The number of nitrogens with zero attached hydrogens (tertiary/aromatic N) is 3. The van der Waals surface area contributed by atoms with E-state index in [1.54, 1.807) is 41.1 Å². The maximum absolute atomic E-state index is 12.9. The average Bonchev–Trinajstić information content (AvgIpc) is 2.98. The van der Waals surface area contributed by atoms with Crippen LogP contribution in [0.4, 0.5) is 4.39 Å². The maximum Gasteiger partial charge on any atom is 0.174 e. The standard InChI is InChI=1S/C18H16FN3O/c1-2-22-18(15-5-3-4-6-16(15)23)20-17(21-22)12-9-13-7-10-14(19)11-8-13/h3-12,23H,2H2,1H3/b12-9+. The zero-order valence-corrected chi connectivity index (χ0v) is 12.6. The Bertz CT molecular complexity index is 838. The van der Waals surface area contributed by atoms with E-state index in [1.807, 2.05) is 19.1 Å². The fraction of sp³-hybridized carbons (Fsp3) is 0.111. The van der Waals surface area contributed by atoms with Crippen LogP contribution in [0.2, 0.25) is 0 Å². The van der Waals surface area contributed by atoms with Crippen molar-refractivity contribution >= 4 is 12.2 Å². The highest BCUT2D eigenvalue weighted by molar-refractivity contribution is 5.69. The van der Waals surface area contributed by atoms with Crippen molar-refractivity contribution in [2.75, 3.05) is 0 Å². The lowest BCUT2D eigenvalue weighted by Gasteiger charge is -2.04. The fourth-order valence-corrected chi connectivity index (χ4v) is 2.26. The molecule has 0 fully saturated rings. The van der Waals surface area contributed by atoms with Gasteiger partial charge in [0.15, 0.2) is 11.6 Å². The third kappa shape index (κ3) is 3.29. The first-order chi connectivity index (χ1) is 11.2. The Morgan fingerprint density at radius 2 is 1.83 bits per heavy atom. The molecule has 4 nitrogen and oxygen atoms in total. The Hall–Kier alpha value is -2.95. The van der Waals surface area contributed by atoms with Crippen molar-refractivity contribution in [2.45, 2.75) is 13.5 Å². The first-order valence-electron chi connectivity index (χ1n) is 7.34. The number of hydrogen-bond acceptors (Lipinski definition) is 3. The van der Waals surface area contributed by atoms with Crippen molar-refractivity contribution in [2.24, 2.45) is 0 Å². The van der Waals surface area contributed by atoms with Crippen molar-refractivity contribution in [1.82, 2.24) is 14.8 Å². The number of aryl methyl sites for hydroxylation is 1. The van der Waals surface area contributed by atoms with E-state index in [0.29, 0.717) is 23.8 Å². The van der Waals surface area contributed by atoms with Gasteiger partial charge >= 0.3 is 0 Å². The lowest BCUT2D eigenvalue weighted by atomic mass is 10.2. The molecule has 3 rings (SSSR count). The SMILES string of the molecule is CCn1nc(/C=C/c2ccc(F)cc2)nc1-c1ccccc1O. The van der Waals surface area contributed by atoms with Crippen molar-refractivity contribution in [1.29, 1.82) is 0 Å². The Labute approximate surface area is 133 Å². The van der Waals surface area contributed by atoms with E-state index in [9.17, 15) is 9.50 Å². The summed E-state index contributed by atoms with van der Waals surface area (Å²) >= 11 is 0. The van der Waals surface area contributed by atoms with Gasteiger partial charge < -0.3 is 5.11 Å². The van der Waals surface area contributed by atoms with Gasteiger partial charge in [0.1, 0.15) is 11.6 Å². The molecular formula is C18H16FN3O. The van der Waals surface area contributed by atoms with Gasteiger partial charge in [-0.1, -0.05) is 30.3 Å². The van der Waals surface area contributed by atoms with Crippen molar-refractivity contribution in [3.05, 3.63) is 65.7 Å². The third-order valence-corrected chi connectivity index (χ3v) is 3.43. The van der Waals surface area contributed by atoms with Crippen LogP contribution in [-0.4, -0.2) is 19.9 Å². The number of aromatic nitrogens is 3. The van der Waals surface area contributed by atoms with Crippen LogP contribution in [0.1, 0.15) is 18.3 Å². The Morgan fingerprint density at radius 3 is 2.52 bits per heavy atom. The molecule has 0 aliphatic heterocycles. The van der Waals surface area contributed by atoms with Gasteiger partial charge in [-0.15, -0.1) is 0 Å². The summed E-state index contributed by atoms with van der Waals surface area (Å²) in [5.41, 5.74) is 1.51. The topological polar surface area (TPSA) is 50.9 Å². The maximum atomic E-state index is 12.9. The first-order valence-corrected chi connectivity index (χ1v) is 7.34. The van der Waals surface area contributed by atoms with Gasteiger partial charge in [0.05, 0.1) is 5.56 Å². The molecule has 0 radical (unpaired) electrons. The van der Waals surface area contributed by atoms with E-state index >= 15 is 0 Å². The minimum absolute atomic E-state index is 0.170. The number of halogens is 1. The van der Waals surface area contributed by atoms with E-state index in [1.165, 1.54) is 12.1 Å². The van der Waals surface area contributed by atoms with E-state index in [0.717, 1.165) is 5.56 Å². The predicted octanol–water partition coefficient (Wildman–Crippen LogP) is 3.98. The summed E-state index contributed by atoms with van der Waals surface area (Å²) in [5.74, 6) is 1.06. The molecule has 5 heteroatoms. The second kappa shape index (κ2) is 6.44. The molecule has 116 valence electrons. The molecule has 0 saturated carbocycles. The quantitative estimate of drug-likeness (QED) is 0.793. The second-order valence-electron chi connectivity index (χ2n) is 5.01. The number of phenolic OH excluding ortho intramolecular Hbond substituents is 1. The van der Waals surface area contributed by atoms with Gasteiger partial charge in [-0.2, -0.15) is 5.10 Å². The van der Waals surface area contributed by atoms with Crippen LogP contribution in [0.15, 0.2) is 48.5 Å². The Morgan fingerprint density at radius 1 is 1.09 bits per heavy atom. The summed E-state index contributed by atoms with van der Waals surface area (Å²) in [5, 5.41) is 14.4. The number of benzene rings is 2. The first kappa shape index (κ1) is 15.0. The fourth-order valence-electron chi connectivity index (χ4n) is 2.26. The number of rotatable bonds is 4. The number of aromatic hydroxyl groups is 1. The molecule has 2 aromatic carbocycles. The minimum atomic E-state index is -0.266. The monoisotopic (exact) mass is 309 g/mol. The molecule has 0 bridgehead atoms. The second-order valence-corrected chi connectivity index (χ2v) is 5.01. The summed E-state index contributed by atoms with van der Waals surface area (Å²) in [6.07, 6.45) is 3.59. The van der Waals surface area contributed by atoms with Crippen LogP contribution in [0.25, 0.3) is 23.5 Å². The summed E-state index contributed by atoms with van der Waals surface area (Å²) in [7, 11) is 0. The largest absolute Gasteiger partial charge is 0.507 e. The molecule has 0 aliphatic carbocycles.